The topological polar surface area (TPSA) is 58.6 Å². The molecule has 128 valence electrons. The Morgan fingerprint density at radius 2 is 1.83 bits per heavy atom. The fourth-order valence-corrected chi connectivity index (χ4v) is 2.07. The fourth-order valence-electron chi connectivity index (χ4n) is 2.07. The number of benzene rings is 1. The summed E-state index contributed by atoms with van der Waals surface area (Å²) in [4.78, 5) is 25.4. The predicted molar refractivity (Wildman–Crippen MR) is 91.3 cm³/mol. The van der Waals surface area contributed by atoms with Crippen LogP contribution >= 0.6 is 0 Å². The molecule has 0 spiro atoms. The maximum Gasteiger partial charge on any atom is 0.259 e. The van der Waals surface area contributed by atoms with Crippen LogP contribution in [-0.4, -0.2) is 37.4 Å². The normalized spacial score (nSPS) is 13.1. The van der Waals surface area contributed by atoms with E-state index in [1.165, 1.54) is 4.90 Å². The van der Waals surface area contributed by atoms with Gasteiger partial charge in [0.2, 0.25) is 5.91 Å². The minimum atomic E-state index is -0.123. The van der Waals surface area contributed by atoms with Crippen LogP contribution in [0.1, 0.15) is 45.2 Å². The summed E-state index contributed by atoms with van der Waals surface area (Å²) in [6, 6.07) is 7.41. The van der Waals surface area contributed by atoms with Gasteiger partial charge in [0.15, 0.2) is 6.61 Å². The van der Waals surface area contributed by atoms with Crippen molar-refractivity contribution in [3.63, 3.8) is 0 Å². The monoisotopic (exact) mass is 320 g/mol. The molecule has 1 aromatic rings. The number of likely N-dealkylation sites (N-methyl/N-ethyl adjacent to an activating group) is 1. The van der Waals surface area contributed by atoms with E-state index in [0.29, 0.717) is 5.75 Å². The van der Waals surface area contributed by atoms with Crippen LogP contribution in [0.4, 0.5) is 0 Å². The molecule has 0 radical (unpaired) electrons. The average molecular weight is 320 g/mol. The molecule has 0 aliphatic heterocycles. The van der Waals surface area contributed by atoms with Crippen molar-refractivity contribution in [3.05, 3.63) is 29.8 Å². The van der Waals surface area contributed by atoms with Gasteiger partial charge in [-0.2, -0.15) is 0 Å². The van der Waals surface area contributed by atoms with E-state index in [1.54, 1.807) is 14.1 Å². The molecule has 0 aromatic heterocycles. The Morgan fingerprint density at radius 3 is 2.39 bits per heavy atom. The van der Waals surface area contributed by atoms with E-state index in [1.807, 2.05) is 45.0 Å². The van der Waals surface area contributed by atoms with E-state index in [0.717, 1.165) is 18.4 Å². The summed E-state index contributed by atoms with van der Waals surface area (Å²) in [6.07, 6.45) is 1.56. The highest BCUT2D eigenvalue weighted by atomic mass is 16.5. The summed E-state index contributed by atoms with van der Waals surface area (Å²) in [5, 5.41) is 3.07. The molecule has 0 fully saturated rings. The van der Waals surface area contributed by atoms with Gasteiger partial charge in [0, 0.05) is 25.6 Å². The molecule has 0 saturated heterocycles. The molecule has 0 heterocycles. The number of nitrogens with zero attached hydrogens (tertiary/aromatic N) is 1. The van der Waals surface area contributed by atoms with E-state index in [-0.39, 0.29) is 30.4 Å². The lowest BCUT2D eigenvalue weighted by Crippen LogP contribution is -2.33. The third-order valence-electron chi connectivity index (χ3n) is 3.93. The van der Waals surface area contributed by atoms with E-state index in [2.05, 4.69) is 5.32 Å². The summed E-state index contributed by atoms with van der Waals surface area (Å²) in [6.45, 7) is 5.92. The molecule has 2 amide bonds. The maximum atomic E-state index is 12.2. The molecule has 5 heteroatoms. The maximum absolute atomic E-state index is 12.2. The highest BCUT2D eigenvalue weighted by molar-refractivity contribution is 5.79. The van der Waals surface area contributed by atoms with E-state index >= 15 is 0 Å². The third kappa shape index (κ3) is 5.58. The van der Waals surface area contributed by atoms with Gasteiger partial charge in [0.05, 0.1) is 6.04 Å². The highest BCUT2D eigenvalue weighted by Crippen LogP contribution is 2.27. The van der Waals surface area contributed by atoms with Gasteiger partial charge < -0.3 is 15.0 Å². The lowest BCUT2D eigenvalue weighted by atomic mass is 10.0. The molecule has 0 unspecified atom stereocenters. The molecule has 1 N–H and O–H groups in total. The zero-order valence-corrected chi connectivity index (χ0v) is 14.8. The predicted octanol–water partition coefficient (Wildman–Crippen LogP) is 2.77. The molecule has 1 rings (SSSR count). The molecule has 0 aliphatic carbocycles. The first-order valence-electron chi connectivity index (χ1n) is 8.12. The number of hydrogen-bond donors (Lipinski definition) is 1. The van der Waals surface area contributed by atoms with Crippen LogP contribution in [-0.2, 0) is 9.59 Å². The van der Waals surface area contributed by atoms with Gasteiger partial charge >= 0.3 is 0 Å². The minimum Gasteiger partial charge on any atom is -0.483 e. The van der Waals surface area contributed by atoms with E-state index in [4.69, 9.17) is 4.74 Å². The van der Waals surface area contributed by atoms with Crippen LogP contribution in [0.15, 0.2) is 24.3 Å². The lowest BCUT2D eigenvalue weighted by Gasteiger charge is -2.22. The van der Waals surface area contributed by atoms with Gasteiger partial charge in [-0.15, -0.1) is 0 Å². The number of amides is 2. The van der Waals surface area contributed by atoms with Crippen LogP contribution < -0.4 is 10.1 Å². The minimum absolute atomic E-state index is 0.0141. The molecule has 23 heavy (non-hydrogen) atoms. The number of hydrogen-bond acceptors (Lipinski definition) is 3. The molecule has 1 aromatic carbocycles. The van der Waals surface area contributed by atoms with Crippen molar-refractivity contribution in [2.24, 2.45) is 5.92 Å². The zero-order valence-electron chi connectivity index (χ0n) is 14.8. The van der Waals surface area contributed by atoms with Crippen molar-refractivity contribution < 1.29 is 14.3 Å². The molecular weight excluding hydrogens is 292 g/mol. The van der Waals surface area contributed by atoms with Crippen LogP contribution in [0.25, 0.3) is 0 Å². The number of ether oxygens (including phenoxy) is 1. The Balaban J connectivity index is 2.88. The molecule has 0 saturated carbocycles. The molecule has 0 bridgehead atoms. The van der Waals surface area contributed by atoms with Gasteiger partial charge in [0.25, 0.3) is 5.91 Å². The number of nitrogens with one attached hydrogen (secondary N) is 1. The largest absolute Gasteiger partial charge is 0.483 e. The molecular formula is C18H28N2O3. The number of para-hydroxylation sites is 1. The van der Waals surface area contributed by atoms with Crippen LogP contribution in [0.2, 0.25) is 0 Å². The number of carbonyl (C=O) groups excluding carboxylic acids is 2. The summed E-state index contributed by atoms with van der Waals surface area (Å²) in [5.41, 5.74) is 0.901. The van der Waals surface area contributed by atoms with Crippen molar-refractivity contribution >= 4 is 11.8 Å². The zero-order chi connectivity index (χ0) is 17.4. The van der Waals surface area contributed by atoms with Gasteiger partial charge in [0.1, 0.15) is 5.75 Å². The second-order valence-electron chi connectivity index (χ2n) is 5.89. The third-order valence-corrected chi connectivity index (χ3v) is 3.93. The summed E-state index contributed by atoms with van der Waals surface area (Å²) in [5.74, 6) is 0.557. The quantitative estimate of drug-likeness (QED) is 0.801. The first-order chi connectivity index (χ1) is 10.9. The molecule has 0 aliphatic rings. The second kappa shape index (κ2) is 9.18. The Hall–Kier alpha value is -2.04. The van der Waals surface area contributed by atoms with Crippen LogP contribution in [0.5, 0.6) is 5.75 Å². The van der Waals surface area contributed by atoms with Gasteiger partial charge in [-0.25, -0.2) is 0 Å². The number of rotatable bonds is 8. The second-order valence-corrected chi connectivity index (χ2v) is 5.89. The summed E-state index contributed by atoms with van der Waals surface area (Å²) in [7, 11) is 3.39. The fraction of sp³-hybridized carbons (Fsp3) is 0.556. The van der Waals surface area contributed by atoms with Crippen LogP contribution in [0, 0.1) is 5.92 Å². The van der Waals surface area contributed by atoms with Gasteiger partial charge in [-0.3, -0.25) is 9.59 Å². The molecule has 5 nitrogen and oxygen atoms in total. The Kier molecular flexibility index (Phi) is 7.59. The smallest absolute Gasteiger partial charge is 0.259 e. The van der Waals surface area contributed by atoms with Crippen molar-refractivity contribution in [3.8, 4) is 5.75 Å². The van der Waals surface area contributed by atoms with Gasteiger partial charge in [-0.1, -0.05) is 39.0 Å². The Morgan fingerprint density at radius 1 is 1.17 bits per heavy atom. The standard InChI is InChI=1S/C18H28N2O3/c1-6-13(3)18(22)19-15(7-2)14-10-8-9-11-16(14)23-12-17(21)20(4)5/h8-11,13,15H,6-7,12H2,1-5H3,(H,19,22)/t13-,15-/m1/s1. The SMILES string of the molecule is CC[C@@H](C)C(=O)N[C@H](CC)c1ccccc1OCC(=O)N(C)C. The lowest BCUT2D eigenvalue weighted by molar-refractivity contribution is -0.131. The van der Waals surface area contributed by atoms with E-state index in [9.17, 15) is 9.59 Å². The van der Waals surface area contributed by atoms with Crippen molar-refractivity contribution in [2.45, 2.75) is 39.7 Å². The Labute approximate surface area is 139 Å². The number of carbonyl (C=O) groups is 2. The van der Waals surface area contributed by atoms with E-state index < -0.39 is 0 Å². The summed E-state index contributed by atoms with van der Waals surface area (Å²) >= 11 is 0. The Bertz CT molecular complexity index is 529. The first kappa shape index (κ1) is 19.0. The summed E-state index contributed by atoms with van der Waals surface area (Å²) < 4.78 is 5.67. The van der Waals surface area contributed by atoms with Crippen molar-refractivity contribution in [1.82, 2.24) is 10.2 Å². The first-order valence-corrected chi connectivity index (χ1v) is 8.12. The van der Waals surface area contributed by atoms with Crippen molar-refractivity contribution in [1.29, 1.82) is 0 Å². The van der Waals surface area contributed by atoms with Crippen molar-refractivity contribution in [2.75, 3.05) is 20.7 Å². The molecule has 2 atom stereocenters. The highest BCUT2D eigenvalue weighted by Gasteiger charge is 2.20. The van der Waals surface area contributed by atoms with Gasteiger partial charge in [-0.05, 0) is 18.9 Å². The van der Waals surface area contributed by atoms with Crippen LogP contribution in [0.3, 0.4) is 0 Å². The average Bonchev–Trinajstić information content (AvgIpc) is 2.56.